The highest BCUT2D eigenvalue weighted by atomic mass is 16.6. The number of unbranched alkanes of at least 4 members (excludes halogenated alkanes) is 1. The second-order valence-electron chi connectivity index (χ2n) is 3.81. The van der Waals surface area contributed by atoms with Crippen LogP contribution in [0, 0.1) is 11.8 Å². The fraction of sp³-hybridized carbons (Fsp3) is 0.900. The molecule has 1 rings (SSSR count). The SMILES string of the molecule is CCCCC(C)C1OC(=O)C1C. The van der Waals surface area contributed by atoms with E-state index in [0.29, 0.717) is 5.92 Å². The summed E-state index contributed by atoms with van der Waals surface area (Å²) < 4.78 is 5.07. The van der Waals surface area contributed by atoms with Crippen molar-refractivity contribution in [2.24, 2.45) is 11.8 Å². The number of ether oxygens (including phenoxy) is 1. The maximum Gasteiger partial charge on any atom is 0.312 e. The lowest BCUT2D eigenvalue weighted by atomic mass is 9.86. The van der Waals surface area contributed by atoms with Crippen molar-refractivity contribution in [2.45, 2.75) is 46.1 Å². The van der Waals surface area contributed by atoms with E-state index in [0.717, 1.165) is 0 Å². The van der Waals surface area contributed by atoms with Gasteiger partial charge in [-0.05, 0) is 19.3 Å². The van der Waals surface area contributed by atoms with Gasteiger partial charge in [-0.25, -0.2) is 0 Å². The number of carbonyl (C=O) groups is 1. The van der Waals surface area contributed by atoms with E-state index < -0.39 is 0 Å². The summed E-state index contributed by atoms with van der Waals surface area (Å²) in [6.45, 7) is 6.31. The molecular weight excluding hydrogens is 152 g/mol. The summed E-state index contributed by atoms with van der Waals surface area (Å²) in [4.78, 5) is 10.8. The van der Waals surface area contributed by atoms with Crippen LogP contribution in [-0.4, -0.2) is 12.1 Å². The van der Waals surface area contributed by atoms with E-state index in [-0.39, 0.29) is 18.0 Å². The molecule has 70 valence electrons. The van der Waals surface area contributed by atoms with Gasteiger partial charge in [0.05, 0.1) is 5.92 Å². The minimum atomic E-state index is -0.0247. The van der Waals surface area contributed by atoms with Crippen LogP contribution in [0.15, 0.2) is 0 Å². The van der Waals surface area contributed by atoms with Crippen LogP contribution in [0.1, 0.15) is 40.0 Å². The molecule has 3 unspecified atom stereocenters. The lowest BCUT2D eigenvalue weighted by Crippen LogP contribution is -2.47. The number of esters is 1. The molecule has 1 heterocycles. The Kier molecular flexibility index (Phi) is 3.12. The number of rotatable bonds is 4. The average molecular weight is 170 g/mol. The largest absolute Gasteiger partial charge is 0.461 e. The zero-order chi connectivity index (χ0) is 9.14. The molecule has 1 fully saturated rings. The number of hydrogen-bond acceptors (Lipinski definition) is 2. The number of carbonyl (C=O) groups excluding carboxylic acids is 1. The highest BCUT2D eigenvalue weighted by Crippen LogP contribution is 2.30. The van der Waals surface area contributed by atoms with E-state index in [1.165, 1.54) is 19.3 Å². The number of hydrogen-bond donors (Lipinski definition) is 0. The first kappa shape index (κ1) is 9.56. The van der Waals surface area contributed by atoms with Crippen LogP contribution in [0.4, 0.5) is 0 Å². The van der Waals surface area contributed by atoms with Crippen LogP contribution in [0.5, 0.6) is 0 Å². The van der Waals surface area contributed by atoms with Gasteiger partial charge in [0.15, 0.2) is 0 Å². The molecule has 2 heteroatoms. The van der Waals surface area contributed by atoms with Crippen LogP contribution >= 0.6 is 0 Å². The maximum absolute atomic E-state index is 10.8. The Morgan fingerprint density at radius 1 is 1.58 bits per heavy atom. The van der Waals surface area contributed by atoms with Crippen molar-refractivity contribution in [1.82, 2.24) is 0 Å². The van der Waals surface area contributed by atoms with Gasteiger partial charge in [0.2, 0.25) is 0 Å². The number of cyclic esters (lactones) is 1. The summed E-state index contributed by atoms with van der Waals surface area (Å²) in [5.74, 6) is 0.651. The lowest BCUT2D eigenvalue weighted by molar-refractivity contribution is -0.189. The molecule has 1 aliphatic rings. The van der Waals surface area contributed by atoms with Gasteiger partial charge in [0.1, 0.15) is 6.10 Å². The first-order valence-corrected chi connectivity index (χ1v) is 4.87. The van der Waals surface area contributed by atoms with Crippen molar-refractivity contribution in [3.05, 3.63) is 0 Å². The van der Waals surface area contributed by atoms with Crippen LogP contribution in [-0.2, 0) is 9.53 Å². The maximum atomic E-state index is 10.8. The molecule has 3 atom stereocenters. The third-order valence-corrected chi connectivity index (χ3v) is 2.69. The van der Waals surface area contributed by atoms with E-state index in [9.17, 15) is 4.79 Å². The fourth-order valence-corrected chi connectivity index (χ4v) is 1.70. The third-order valence-electron chi connectivity index (χ3n) is 2.69. The quantitative estimate of drug-likeness (QED) is 0.605. The van der Waals surface area contributed by atoms with Gasteiger partial charge in [-0.1, -0.05) is 26.7 Å². The Hall–Kier alpha value is -0.530. The predicted molar refractivity (Wildman–Crippen MR) is 47.7 cm³/mol. The second kappa shape index (κ2) is 3.92. The molecule has 0 bridgehead atoms. The van der Waals surface area contributed by atoms with Crippen molar-refractivity contribution < 1.29 is 9.53 Å². The first-order valence-electron chi connectivity index (χ1n) is 4.87. The molecular formula is C10H18O2. The minimum Gasteiger partial charge on any atom is -0.461 e. The highest BCUT2D eigenvalue weighted by Gasteiger charge is 2.41. The average Bonchev–Trinajstić information content (AvgIpc) is 2.09. The third kappa shape index (κ3) is 1.79. The zero-order valence-electron chi connectivity index (χ0n) is 8.17. The molecule has 0 amide bonds. The molecule has 12 heavy (non-hydrogen) atoms. The van der Waals surface area contributed by atoms with Crippen molar-refractivity contribution in [3.8, 4) is 0 Å². The van der Waals surface area contributed by atoms with Gasteiger partial charge in [-0.2, -0.15) is 0 Å². The lowest BCUT2D eigenvalue weighted by Gasteiger charge is -2.36. The molecule has 2 nitrogen and oxygen atoms in total. The van der Waals surface area contributed by atoms with Crippen molar-refractivity contribution in [1.29, 1.82) is 0 Å². The Bertz CT molecular complexity index is 165. The molecule has 0 aromatic heterocycles. The Morgan fingerprint density at radius 3 is 2.67 bits per heavy atom. The van der Waals surface area contributed by atoms with E-state index in [1.54, 1.807) is 0 Å². The summed E-state index contributed by atoms with van der Waals surface area (Å²) in [5.41, 5.74) is 0. The van der Waals surface area contributed by atoms with Gasteiger partial charge in [0.25, 0.3) is 0 Å². The van der Waals surface area contributed by atoms with Gasteiger partial charge < -0.3 is 4.74 Å². The standard InChI is InChI=1S/C10H18O2/c1-4-5-6-7(2)9-8(3)10(11)12-9/h7-9H,4-6H2,1-3H3. The normalized spacial score (nSPS) is 30.8. The van der Waals surface area contributed by atoms with Crippen LogP contribution < -0.4 is 0 Å². The first-order chi connectivity index (χ1) is 5.66. The van der Waals surface area contributed by atoms with Crippen molar-refractivity contribution in [3.63, 3.8) is 0 Å². The second-order valence-corrected chi connectivity index (χ2v) is 3.81. The molecule has 0 saturated carbocycles. The minimum absolute atomic E-state index is 0.0247. The zero-order valence-corrected chi connectivity index (χ0v) is 8.17. The van der Waals surface area contributed by atoms with E-state index in [2.05, 4.69) is 13.8 Å². The van der Waals surface area contributed by atoms with Gasteiger partial charge >= 0.3 is 5.97 Å². The smallest absolute Gasteiger partial charge is 0.312 e. The molecule has 0 N–H and O–H groups in total. The molecule has 0 aromatic carbocycles. The summed E-state index contributed by atoms with van der Waals surface area (Å²) in [7, 11) is 0. The van der Waals surface area contributed by atoms with E-state index >= 15 is 0 Å². The predicted octanol–water partition coefficient (Wildman–Crippen LogP) is 2.37. The molecule has 1 saturated heterocycles. The Labute approximate surface area is 74.3 Å². The molecule has 1 aliphatic heterocycles. The van der Waals surface area contributed by atoms with E-state index in [1.807, 2.05) is 6.92 Å². The monoisotopic (exact) mass is 170 g/mol. The summed E-state index contributed by atoms with van der Waals surface area (Å²) in [6.07, 6.45) is 3.84. The van der Waals surface area contributed by atoms with Gasteiger partial charge in [-0.3, -0.25) is 4.79 Å². The fourth-order valence-electron chi connectivity index (χ4n) is 1.70. The summed E-state index contributed by atoms with van der Waals surface area (Å²) >= 11 is 0. The van der Waals surface area contributed by atoms with Gasteiger partial charge in [-0.15, -0.1) is 0 Å². The molecule has 0 aliphatic carbocycles. The van der Waals surface area contributed by atoms with Crippen molar-refractivity contribution >= 4 is 5.97 Å². The topological polar surface area (TPSA) is 26.3 Å². The summed E-state index contributed by atoms with van der Waals surface area (Å²) in [6, 6.07) is 0. The van der Waals surface area contributed by atoms with Crippen molar-refractivity contribution in [2.75, 3.05) is 0 Å². The van der Waals surface area contributed by atoms with E-state index in [4.69, 9.17) is 4.74 Å². The Balaban J connectivity index is 2.25. The van der Waals surface area contributed by atoms with Gasteiger partial charge in [0, 0.05) is 0 Å². The Morgan fingerprint density at radius 2 is 2.25 bits per heavy atom. The van der Waals surface area contributed by atoms with Crippen LogP contribution in [0.25, 0.3) is 0 Å². The van der Waals surface area contributed by atoms with Crippen LogP contribution in [0.3, 0.4) is 0 Å². The molecule has 0 radical (unpaired) electrons. The summed E-state index contributed by atoms with van der Waals surface area (Å²) in [5, 5.41) is 0. The molecule has 0 spiro atoms. The highest BCUT2D eigenvalue weighted by molar-refractivity contribution is 5.78. The molecule has 0 aromatic rings. The van der Waals surface area contributed by atoms with Crippen LogP contribution in [0.2, 0.25) is 0 Å².